The summed E-state index contributed by atoms with van der Waals surface area (Å²) in [4.78, 5) is 0. The molecule has 2 N–H and O–H groups in total. The second-order valence-corrected chi connectivity index (χ2v) is 5.30. The predicted octanol–water partition coefficient (Wildman–Crippen LogP) is 3.90. The number of benzene rings is 2. The molecule has 0 aliphatic carbocycles. The van der Waals surface area contributed by atoms with Gasteiger partial charge in [0.25, 0.3) is 0 Å². The van der Waals surface area contributed by atoms with Gasteiger partial charge in [-0.2, -0.15) is 5.26 Å². The normalized spacial score (nSPS) is 12.7. The smallest absolute Gasteiger partial charge is 0.0710 e. The van der Waals surface area contributed by atoms with E-state index in [1.54, 1.807) is 0 Å². The second-order valence-electron chi connectivity index (χ2n) is 5.30. The van der Waals surface area contributed by atoms with Crippen LogP contribution in [0.5, 0.6) is 0 Å². The highest BCUT2D eigenvalue weighted by Gasteiger charge is 2.27. The fraction of sp³-hybridized carbons (Fsp3) is 0.235. The van der Waals surface area contributed by atoms with Crippen LogP contribution in [0.1, 0.15) is 25.5 Å². The molecule has 19 heavy (non-hydrogen) atoms. The van der Waals surface area contributed by atoms with E-state index < -0.39 is 5.41 Å². The first-order chi connectivity index (χ1) is 9.04. The summed E-state index contributed by atoms with van der Waals surface area (Å²) in [6.07, 6.45) is 0. The zero-order valence-corrected chi connectivity index (χ0v) is 11.3. The Bertz CT molecular complexity index is 577. The standard InChI is InChI=1S/C17H18N2/c1-17(2,12-18)16(19)15-10-8-14(9-11-15)13-6-4-3-5-7-13/h3-11,16H,19H2,1-2H3. The summed E-state index contributed by atoms with van der Waals surface area (Å²) in [7, 11) is 0. The van der Waals surface area contributed by atoms with Gasteiger partial charge in [0, 0.05) is 6.04 Å². The van der Waals surface area contributed by atoms with Gasteiger partial charge >= 0.3 is 0 Å². The van der Waals surface area contributed by atoms with Crippen LogP contribution >= 0.6 is 0 Å². The fourth-order valence-corrected chi connectivity index (χ4v) is 2.00. The summed E-state index contributed by atoms with van der Waals surface area (Å²) >= 11 is 0. The molecule has 96 valence electrons. The maximum atomic E-state index is 9.13. The number of hydrogen-bond donors (Lipinski definition) is 1. The van der Waals surface area contributed by atoms with Gasteiger partial charge in [0.2, 0.25) is 0 Å². The lowest BCUT2D eigenvalue weighted by molar-refractivity contribution is 0.393. The molecule has 0 bridgehead atoms. The lowest BCUT2D eigenvalue weighted by Gasteiger charge is -2.24. The van der Waals surface area contributed by atoms with Gasteiger partial charge in [0.1, 0.15) is 0 Å². The Morgan fingerprint density at radius 1 is 0.947 bits per heavy atom. The van der Waals surface area contributed by atoms with Crippen molar-refractivity contribution < 1.29 is 0 Å². The minimum atomic E-state index is -0.561. The van der Waals surface area contributed by atoms with Crippen LogP contribution in [-0.4, -0.2) is 0 Å². The van der Waals surface area contributed by atoms with Gasteiger partial charge < -0.3 is 5.73 Å². The maximum absolute atomic E-state index is 9.13. The third kappa shape index (κ3) is 2.83. The van der Waals surface area contributed by atoms with Crippen molar-refractivity contribution in [2.24, 2.45) is 11.1 Å². The molecular weight excluding hydrogens is 232 g/mol. The Morgan fingerprint density at radius 3 is 2.00 bits per heavy atom. The van der Waals surface area contributed by atoms with E-state index in [-0.39, 0.29) is 6.04 Å². The zero-order valence-electron chi connectivity index (χ0n) is 11.3. The van der Waals surface area contributed by atoms with Crippen LogP contribution in [-0.2, 0) is 0 Å². The Kier molecular flexibility index (Phi) is 3.69. The summed E-state index contributed by atoms with van der Waals surface area (Å²) < 4.78 is 0. The summed E-state index contributed by atoms with van der Waals surface area (Å²) in [6, 6.07) is 20.3. The lowest BCUT2D eigenvalue weighted by Crippen LogP contribution is -2.27. The van der Waals surface area contributed by atoms with Crippen molar-refractivity contribution in [2.45, 2.75) is 19.9 Å². The van der Waals surface area contributed by atoms with E-state index in [2.05, 4.69) is 30.3 Å². The summed E-state index contributed by atoms with van der Waals surface area (Å²) in [6.45, 7) is 3.73. The van der Waals surface area contributed by atoms with E-state index in [1.807, 2.05) is 44.2 Å². The zero-order chi connectivity index (χ0) is 13.9. The number of nitrogens with zero attached hydrogens (tertiary/aromatic N) is 1. The van der Waals surface area contributed by atoms with Crippen molar-refractivity contribution in [3.05, 3.63) is 60.2 Å². The van der Waals surface area contributed by atoms with Crippen LogP contribution in [0.2, 0.25) is 0 Å². The number of hydrogen-bond acceptors (Lipinski definition) is 2. The Labute approximate surface area is 114 Å². The minimum absolute atomic E-state index is 0.276. The van der Waals surface area contributed by atoms with Crippen molar-refractivity contribution in [1.29, 1.82) is 5.26 Å². The number of nitriles is 1. The van der Waals surface area contributed by atoms with Gasteiger partial charge in [-0.05, 0) is 30.5 Å². The van der Waals surface area contributed by atoms with Crippen molar-refractivity contribution in [2.75, 3.05) is 0 Å². The summed E-state index contributed by atoms with van der Waals surface area (Å²) in [5, 5.41) is 9.13. The van der Waals surface area contributed by atoms with Crippen LogP contribution in [0.15, 0.2) is 54.6 Å². The first kappa shape index (κ1) is 13.3. The van der Waals surface area contributed by atoms with Crippen LogP contribution in [0, 0.1) is 16.7 Å². The molecule has 1 atom stereocenters. The molecule has 0 aliphatic heterocycles. The molecule has 0 radical (unpaired) electrons. The average Bonchev–Trinajstić information content (AvgIpc) is 2.47. The first-order valence-electron chi connectivity index (χ1n) is 6.37. The average molecular weight is 250 g/mol. The SMILES string of the molecule is CC(C)(C#N)C(N)c1ccc(-c2ccccc2)cc1. The minimum Gasteiger partial charge on any atom is -0.323 e. The lowest BCUT2D eigenvalue weighted by atomic mass is 9.82. The molecule has 2 nitrogen and oxygen atoms in total. The number of nitrogens with two attached hydrogens (primary N) is 1. The largest absolute Gasteiger partial charge is 0.323 e. The van der Waals surface area contributed by atoms with E-state index in [0.29, 0.717) is 0 Å². The molecule has 1 unspecified atom stereocenters. The molecule has 2 aromatic rings. The highest BCUT2D eigenvalue weighted by molar-refractivity contribution is 5.63. The molecule has 2 heteroatoms. The van der Waals surface area contributed by atoms with Crippen molar-refractivity contribution in [3.63, 3.8) is 0 Å². The van der Waals surface area contributed by atoms with Gasteiger partial charge in [-0.25, -0.2) is 0 Å². The Hall–Kier alpha value is -2.11. The highest BCUT2D eigenvalue weighted by atomic mass is 14.7. The van der Waals surface area contributed by atoms with E-state index in [0.717, 1.165) is 11.1 Å². The highest BCUT2D eigenvalue weighted by Crippen LogP contribution is 2.31. The van der Waals surface area contributed by atoms with Gasteiger partial charge in [-0.15, -0.1) is 0 Å². The summed E-state index contributed by atoms with van der Waals surface area (Å²) in [5.41, 5.74) is 8.92. The molecule has 0 saturated carbocycles. The molecule has 0 fully saturated rings. The topological polar surface area (TPSA) is 49.8 Å². The van der Waals surface area contributed by atoms with Crippen LogP contribution in [0.3, 0.4) is 0 Å². The molecule has 0 spiro atoms. The van der Waals surface area contributed by atoms with E-state index >= 15 is 0 Å². The van der Waals surface area contributed by atoms with Crippen LogP contribution in [0.25, 0.3) is 11.1 Å². The van der Waals surface area contributed by atoms with Gasteiger partial charge in [-0.3, -0.25) is 0 Å². The van der Waals surface area contributed by atoms with Gasteiger partial charge in [-0.1, -0.05) is 54.6 Å². The molecular formula is C17H18N2. The predicted molar refractivity (Wildman–Crippen MR) is 78.2 cm³/mol. The molecule has 2 aromatic carbocycles. The second kappa shape index (κ2) is 5.26. The van der Waals surface area contributed by atoms with Crippen molar-refractivity contribution >= 4 is 0 Å². The van der Waals surface area contributed by atoms with E-state index in [9.17, 15) is 0 Å². The van der Waals surface area contributed by atoms with Crippen LogP contribution in [0.4, 0.5) is 0 Å². The first-order valence-corrected chi connectivity index (χ1v) is 6.37. The monoisotopic (exact) mass is 250 g/mol. The van der Waals surface area contributed by atoms with E-state index in [4.69, 9.17) is 11.0 Å². The molecule has 0 heterocycles. The molecule has 0 saturated heterocycles. The molecule has 2 rings (SSSR count). The fourth-order valence-electron chi connectivity index (χ4n) is 2.00. The molecule has 0 amide bonds. The quantitative estimate of drug-likeness (QED) is 0.898. The molecule has 0 aromatic heterocycles. The van der Waals surface area contributed by atoms with Gasteiger partial charge in [0.05, 0.1) is 11.5 Å². The number of rotatable bonds is 3. The van der Waals surface area contributed by atoms with Gasteiger partial charge in [0.15, 0.2) is 0 Å². The summed E-state index contributed by atoms with van der Waals surface area (Å²) in [5.74, 6) is 0. The van der Waals surface area contributed by atoms with Crippen molar-refractivity contribution in [1.82, 2.24) is 0 Å². The Balaban J connectivity index is 2.27. The third-order valence-electron chi connectivity index (χ3n) is 3.44. The van der Waals surface area contributed by atoms with Crippen molar-refractivity contribution in [3.8, 4) is 17.2 Å². The Morgan fingerprint density at radius 2 is 1.47 bits per heavy atom. The van der Waals surface area contributed by atoms with Crippen LogP contribution < -0.4 is 5.73 Å². The maximum Gasteiger partial charge on any atom is 0.0710 e. The third-order valence-corrected chi connectivity index (χ3v) is 3.44. The van der Waals surface area contributed by atoms with E-state index in [1.165, 1.54) is 5.56 Å². The molecule has 0 aliphatic rings.